The first-order valence-electron chi connectivity index (χ1n) is 4.86. The third-order valence-electron chi connectivity index (χ3n) is 3.34. The Morgan fingerprint density at radius 3 is 1.87 bits per heavy atom. The molecule has 1 fully saturated rings. The van der Waals surface area contributed by atoms with Crippen molar-refractivity contribution in [3.05, 3.63) is 17.7 Å². The molecule has 0 bridgehead atoms. The first kappa shape index (κ1) is 10.1. The zero-order chi connectivity index (χ0) is 11.4. The summed E-state index contributed by atoms with van der Waals surface area (Å²) in [7, 11) is 0. The van der Waals surface area contributed by atoms with Gasteiger partial charge in [-0.3, -0.25) is 0 Å². The van der Waals surface area contributed by atoms with Crippen LogP contribution < -0.4 is 5.73 Å². The van der Waals surface area contributed by atoms with E-state index in [1.165, 1.54) is 12.1 Å². The van der Waals surface area contributed by atoms with Gasteiger partial charge in [0.2, 0.25) is 0 Å². The third-order valence-corrected chi connectivity index (χ3v) is 3.34. The highest BCUT2D eigenvalue weighted by Crippen LogP contribution is 2.61. The van der Waals surface area contributed by atoms with Crippen molar-refractivity contribution >= 4 is 0 Å². The van der Waals surface area contributed by atoms with E-state index >= 15 is 0 Å². The summed E-state index contributed by atoms with van der Waals surface area (Å²) >= 11 is 0. The lowest BCUT2D eigenvalue weighted by molar-refractivity contribution is 0.415. The van der Waals surface area contributed by atoms with Gasteiger partial charge in [0, 0.05) is 29.7 Å². The second kappa shape index (κ2) is 2.79. The molecule has 2 atom stereocenters. The topological polar surface area (TPSA) is 86.7 Å². The lowest BCUT2D eigenvalue weighted by Gasteiger charge is -2.08. The van der Waals surface area contributed by atoms with Crippen LogP contribution in [0.3, 0.4) is 0 Å². The van der Waals surface area contributed by atoms with Crippen molar-refractivity contribution < 1.29 is 15.3 Å². The molecule has 0 amide bonds. The number of rotatable bonds is 1. The molecular formula is C11H15NO3. The quantitative estimate of drug-likeness (QED) is 0.560. The maximum Gasteiger partial charge on any atom is 0.126 e. The maximum atomic E-state index is 9.66. The molecule has 0 unspecified atom stereocenters. The standard InChI is InChI=1S/C11H15NO3/c1-11(2)9(10(11)12)8-6(14)3-5(13)4-7(8)15/h3-4,9-10,13-15H,12H2,1-2H3/t9-,10-/m0/s1. The first-order valence-corrected chi connectivity index (χ1v) is 4.86. The minimum atomic E-state index is -0.152. The predicted molar refractivity (Wildman–Crippen MR) is 55.9 cm³/mol. The Morgan fingerprint density at radius 2 is 1.53 bits per heavy atom. The van der Waals surface area contributed by atoms with Crippen molar-refractivity contribution in [2.45, 2.75) is 25.8 Å². The Balaban J connectivity index is 2.47. The van der Waals surface area contributed by atoms with E-state index in [1.807, 2.05) is 13.8 Å². The molecule has 4 heteroatoms. The van der Waals surface area contributed by atoms with Crippen LogP contribution in [0.5, 0.6) is 17.2 Å². The van der Waals surface area contributed by atoms with E-state index in [0.717, 1.165) is 0 Å². The number of phenolic OH excluding ortho intramolecular Hbond substituents is 3. The molecule has 0 aliphatic heterocycles. The molecular weight excluding hydrogens is 194 g/mol. The molecule has 1 aliphatic carbocycles. The van der Waals surface area contributed by atoms with Crippen LogP contribution in [0.4, 0.5) is 0 Å². The molecule has 1 aromatic rings. The molecule has 1 aromatic carbocycles. The van der Waals surface area contributed by atoms with Gasteiger partial charge < -0.3 is 21.1 Å². The van der Waals surface area contributed by atoms with Gasteiger partial charge in [-0.25, -0.2) is 0 Å². The molecule has 2 rings (SSSR count). The van der Waals surface area contributed by atoms with Crippen LogP contribution >= 0.6 is 0 Å². The van der Waals surface area contributed by atoms with E-state index in [1.54, 1.807) is 0 Å². The Morgan fingerprint density at radius 1 is 1.13 bits per heavy atom. The van der Waals surface area contributed by atoms with Crippen LogP contribution in [0, 0.1) is 5.41 Å². The van der Waals surface area contributed by atoms with E-state index in [9.17, 15) is 10.2 Å². The Kier molecular flexibility index (Phi) is 1.88. The zero-order valence-electron chi connectivity index (χ0n) is 8.73. The molecule has 0 aromatic heterocycles. The largest absolute Gasteiger partial charge is 0.508 e. The summed E-state index contributed by atoms with van der Waals surface area (Å²) in [6.45, 7) is 3.96. The number of phenols is 3. The van der Waals surface area contributed by atoms with Gasteiger partial charge in [-0.15, -0.1) is 0 Å². The van der Waals surface area contributed by atoms with Crippen molar-refractivity contribution in [3.8, 4) is 17.2 Å². The molecule has 5 N–H and O–H groups in total. The summed E-state index contributed by atoms with van der Waals surface area (Å²) in [5.41, 5.74) is 6.18. The van der Waals surface area contributed by atoms with Crippen LogP contribution in [0.2, 0.25) is 0 Å². The molecule has 0 saturated heterocycles. The summed E-state index contributed by atoms with van der Waals surface area (Å²) < 4.78 is 0. The van der Waals surface area contributed by atoms with Crippen molar-refractivity contribution in [1.29, 1.82) is 0 Å². The minimum absolute atomic E-state index is 0.0573. The average molecular weight is 209 g/mol. The van der Waals surface area contributed by atoms with Gasteiger partial charge in [0.05, 0.1) is 0 Å². The number of hydrogen-bond donors (Lipinski definition) is 4. The monoisotopic (exact) mass is 209 g/mol. The van der Waals surface area contributed by atoms with E-state index in [4.69, 9.17) is 10.8 Å². The van der Waals surface area contributed by atoms with Crippen molar-refractivity contribution in [2.75, 3.05) is 0 Å². The Bertz CT molecular complexity index is 391. The van der Waals surface area contributed by atoms with Gasteiger partial charge in [-0.1, -0.05) is 13.8 Å². The van der Waals surface area contributed by atoms with Crippen molar-refractivity contribution in [1.82, 2.24) is 0 Å². The molecule has 4 nitrogen and oxygen atoms in total. The molecule has 0 heterocycles. The van der Waals surface area contributed by atoms with Crippen LogP contribution in [0.15, 0.2) is 12.1 Å². The fraction of sp³-hybridized carbons (Fsp3) is 0.455. The highest BCUT2D eigenvalue weighted by Gasteiger charge is 2.58. The molecule has 1 saturated carbocycles. The Labute approximate surface area is 88.0 Å². The van der Waals surface area contributed by atoms with Crippen LogP contribution in [-0.4, -0.2) is 21.4 Å². The van der Waals surface area contributed by atoms with Gasteiger partial charge in [0.25, 0.3) is 0 Å². The summed E-state index contributed by atoms with van der Waals surface area (Å²) in [5, 5.41) is 28.5. The fourth-order valence-corrected chi connectivity index (χ4v) is 2.16. The summed E-state index contributed by atoms with van der Waals surface area (Å²) in [6, 6.07) is 2.37. The van der Waals surface area contributed by atoms with E-state index < -0.39 is 0 Å². The first-order chi connectivity index (χ1) is 6.85. The van der Waals surface area contributed by atoms with E-state index in [-0.39, 0.29) is 34.6 Å². The van der Waals surface area contributed by atoms with Gasteiger partial charge >= 0.3 is 0 Å². The van der Waals surface area contributed by atoms with E-state index in [0.29, 0.717) is 5.56 Å². The smallest absolute Gasteiger partial charge is 0.126 e. The summed E-state index contributed by atoms with van der Waals surface area (Å²) in [4.78, 5) is 0. The normalized spacial score (nSPS) is 27.7. The maximum absolute atomic E-state index is 9.66. The molecule has 1 aliphatic rings. The highest BCUT2D eigenvalue weighted by molar-refractivity contribution is 5.54. The highest BCUT2D eigenvalue weighted by atomic mass is 16.3. The zero-order valence-corrected chi connectivity index (χ0v) is 8.73. The van der Waals surface area contributed by atoms with Gasteiger partial charge in [0.1, 0.15) is 17.2 Å². The molecule has 82 valence electrons. The number of nitrogens with two attached hydrogens (primary N) is 1. The van der Waals surface area contributed by atoms with Gasteiger partial charge in [-0.05, 0) is 5.41 Å². The average Bonchev–Trinajstić information content (AvgIpc) is 2.53. The molecule has 0 radical (unpaired) electrons. The second-order valence-electron chi connectivity index (χ2n) is 4.72. The van der Waals surface area contributed by atoms with Gasteiger partial charge in [-0.2, -0.15) is 0 Å². The SMILES string of the molecule is CC1(C)[C@@H](N)[C@@H]1c1c(O)cc(O)cc1O. The van der Waals surface area contributed by atoms with Crippen molar-refractivity contribution in [2.24, 2.45) is 11.1 Å². The van der Waals surface area contributed by atoms with E-state index in [2.05, 4.69) is 0 Å². The number of hydrogen-bond acceptors (Lipinski definition) is 4. The lowest BCUT2D eigenvalue weighted by Crippen LogP contribution is -2.06. The third kappa shape index (κ3) is 1.33. The van der Waals surface area contributed by atoms with Gasteiger partial charge in [0.15, 0.2) is 0 Å². The van der Waals surface area contributed by atoms with Crippen molar-refractivity contribution in [3.63, 3.8) is 0 Å². The second-order valence-corrected chi connectivity index (χ2v) is 4.72. The molecule has 15 heavy (non-hydrogen) atoms. The van der Waals surface area contributed by atoms with Crippen LogP contribution in [-0.2, 0) is 0 Å². The molecule has 0 spiro atoms. The lowest BCUT2D eigenvalue weighted by atomic mass is 10.0. The number of benzene rings is 1. The minimum Gasteiger partial charge on any atom is -0.508 e. The summed E-state index contributed by atoms with van der Waals surface area (Å²) in [6.07, 6.45) is 0. The Hall–Kier alpha value is -1.42. The van der Waals surface area contributed by atoms with Crippen LogP contribution in [0.25, 0.3) is 0 Å². The predicted octanol–water partition coefficient (Wildman–Crippen LogP) is 1.25. The number of aromatic hydroxyl groups is 3. The fourth-order valence-electron chi connectivity index (χ4n) is 2.16. The summed E-state index contributed by atoms with van der Waals surface area (Å²) in [5.74, 6) is -0.407. The van der Waals surface area contributed by atoms with Crippen LogP contribution in [0.1, 0.15) is 25.3 Å².